The minimum absolute atomic E-state index is 0.792. The predicted molar refractivity (Wildman–Crippen MR) is 64.7 cm³/mol. The zero-order valence-electron chi connectivity index (χ0n) is 8.24. The quantitative estimate of drug-likeness (QED) is 0.906. The summed E-state index contributed by atoms with van der Waals surface area (Å²) in [4.78, 5) is 8.52. The third-order valence-corrected chi connectivity index (χ3v) is 2.58. The Morgan fingerprint density at radius 3 is 2.40 bits per heavy atom. The molecular weight excluding hydrogens is 254 g/mol. The Labute approximate surface area is 96.7 Å². The fourth-order valence-corrected chi connectivity index (χ4v) is 1.60. The highest BCUT2D eigenvalue weighted by molar-refractivity contribution is 9.10. The van der Waals surface area contributed by atoms with Gasteiger partial charge in [-0.05, 0) is 12.1 Å². The molecule has 0 aliphatic carbocycles. The van der Waals surface area contributed by atoms with E-state index in [1.807, 2.05) is 31.3 Å². The van der Waals surface area contributed by atoms with Gasteiger partial charge in [-0.2, -0.15) is 0 Å². The summed E-state index contributed by atoms with van der Waals surface area (Å²) in [7, 11) is 1.84. The third kappa shape index (κ3) is 2.15. The molecule has 3 nitrogen and oxygen atoms in total. The molecule has 76 valence electrons. The second-order valence-corrected chi connectivity index (χ2v) is 3.93. The highest BCUT2D eigenvalue weighted by Crippen LogP contribution is 2.24. The highest BCUT2D eigenvalue weighted by Gasteiger charge is 2.05. The van der Waals surface area contributed by atoms with Crippen LogP contribution < -0.4 is 5.32 Å². The maximum atomic E-state index is 4.31. The fraction of sp³-hybridized carbons (Fsp3) is 0.0909. The van der Waals surface area contributed by atoms with Crippen LogP contribution in [0.15, 0.2) is 41.1 Å². The molecule has 2 aromatic rings. The van der Waals surface area contributed by atoms with Gasteiger partial charge in [0.15, 0.2) is 5.82 Å². The van der Waals surface area contributed by atoms with E-state index in [2.05, 4.69) is 31.2 Å². The Balaban J connectivity index is 2.49. The lowest BCUT2D eigenvalue weighted by atomic mass is 10.1. The van der Waals surface area contributed by atoms with Gasteiger partial charge in [-0.25, -0.2) is 4.98 Å². The molecule has 1 aromatic heterocycles. The fourth-order valence-electron chi connectivity index (χ4n) is 1.34. The molecule has 2 rings (SSSR count). The summed E-state index contributed by atoms with van der Waals surface area (Å²) < 4.78 is 1.06. The van der Waals surface area contributed by atoms with Crippen LogP contribution in [0.2, 0.25) is 0 Å². The van der Waals surface area contributed by atoms with E-state index in [9.17, 15) is 0 Å². The first-order chi connectivity index (χ1) is 7.31. The van der Waals surface area contributed by atoms with E-state index >= 15 is 0 Å². The lowest BCUT2D eigenvalue weighted by Crippen LogP contribution is -1.96. The Hall–Kier alpha value is -1.42. The van der Waals surface area contributed by atoms with Crippen LogP contribution >= 0.6 is 15.9 Å². The van der Waals surface area contributed by atoms with Gasteiger partial charge in [0.05, 0.1) is 0 Å². The Morgan fingerprint density at radius 2 is 1.73 bits per heavy atom. The standard InChI is InChI=1S/C11H10BrN3/c1-13-11-10(14-6-7-15-11)8-2-4-9(12)5-3-8/h2-7H,1H3,(H,13,15). The molecule has 0 aliphatic heterocycles. The first-order valence-electron chi connectivity index (χ1n) is 4.56. The number of nitrogens with zero attached hydrogens (tertiary/aromatic N) is 2. The number of anilines is 1. The van der Waals surface area contributed by atoms with Gasteiger partial charge in [-0.15, -0.1) is 0 Å². The molecule has 0 bridgehead atoms. The van der Waals surface area contributed by atoms with Gasteiger partial charge in [-0.3, -0.25) is 4.98 Å². The zero-order chi connectivity index (χ0) is 10.7. The lowest BCUT2D eigenvalue weighted by Gasteiger charge is -2.06. The summed E-state index contributed by atoms with van der Waals surface area (Å²) in [5.74, 6) is 0.792. The van der Waals surface area contributed by atoms with Gasteiger partial charge in [-0.1, -0.05) is 28.1 Å². The van der Waals surface area contributed by atoms with Crippen molar-refractivity contribution in [2.45, 2.75) is 0 Å². The summed E-state index contributed by atoms with van der Waals surface area (Å²) in [6.07, 6.45) is 3.37. The summed E-state index contributed by atoms with van der Waals surface area (Å²) in [6, 6.07) is 8.00. The van der Waals surface area contributed by atoms with Crippen molar-refractivity contribution in [1.82, 2.24) is 9.97 Å². The van der Waals surface area contributed by atoms with Gasteiger partial charge in [0.25, 0.3) is 0 Å². The molecule has 0 aliphatic rings. The summed E-state index contributed by atoms with van der Waals surface area (Å²) in [5.41, 5.74) is 1.92. The smallest absolute Gasteiger partial charge is 0.152 e. The molecule has 0 atom stereocenters. The minimum atomic E-state index is 0.792. The van der Waals surface area contributed by atoms with Crippen LogP contribution in [-0.4, -0.2) is 17.0 Å². The van der Waals surface area contributed by atoms with Gasteiger partial charge < -0.3 is 5.32 Å². The number of halogens is 1. The molecule has 0 amide bonds. The summed E-state index contributed by atoms with van der Waals surface area (Å²) >= 11 is 3.40. The second-order valence-electron chi connectivity index (χ2n) is 3.01. The monoisotopic (exact) mass is 263 g/mol. The number of hydrogen-bond acceptors (Lipinski definition) is 3. The van der Waals surface area contributed by atoms with Crippen molar-refractivity contribution in [1.29, 1.82) is 0 Å². The molecule has 1 heterocycles. The lowest BCUT2D eigenvalue weighted by molar-refractivity contribution is 1.19. The van der Waals surface area contributed by atoms with E-state index in [0.717, 1.165) is 21.5 Å². The van der Waals surface area contributed by atoms with Crippen molar-refractivity contribution in [3.8, 4) is 11.3 Å². The number of benzene rings is 1. The van der Waals surface area contributed by atoms with E-state index in [0.29, 0.717) is 0 Å². The minimum Gasteiger partial charge on any atom is -0.371 e. The number of aromatic nitrogens is 2. The number of nitrogens with one attached hydrogen (secondary N) is 1. The largest absolute Gasteiger partial charge is 0.371 e. The van der Waals surface area contributed by atoms with E-state index in [-0.39, 0.29) is 0 Å². The van der Waals surface area contributed by atoms with Gasteiger partial charge in [0.2, 0.25) is 0 Å². The van der Waals surface area contributed by atoms with E-state index in [4.69, 9.17) is 0 Å². The molecular formula is C11H10BrN3. The number of hydrogen-bond donors (Lipinski definition) is 1. The zero-order valence-corrected chi connectivity index (χ0v) is 9.82. The first kappa shape index (κ1) is 10.1. The molecule has 0 radical (unpaired) electrons. The van der Waals surface area contributed by atoms with Crippen molar-refractivity contribution in [3.05, 3.63) is 41.1 Å². The van der Waals surface area contributed by atoms with Gasteiger partial charge in [0.1, 0.15) is 5.69 Å². The maximum absolute atomic E-state index is 4.31. The predicted octanol–water partition coefficient (Wildman–Crippen LogP) is 2.95. The molecule has 0 saturated heterocycles. The highest BCUT2D eigenvalue weighted by atomic mass is 79.9. The van der Waals surface area contributed by atoms with Crippen LogP contribution in [0.5, 0.6) is 0 Å². The van der Waals surface area contributed by atoms with Crippen molar-refractivity contribution in [3.63, 3.8) is 0 Å². The van der Waals surface area contributed by atoms with E-state index in [1.54, 1.807) is 12.4 Å². The Kier molecular flexibility index (Phi) is 2.97. The van der Waals surface area contributed by atoms with Crippen molar-refractivity contribution in [2.24, 2.45) is 0 Å². The van der Waals surface area contributed by atoms with Crippen molar-refractivity contribution < 1.29 is 0 Å². The average molecular weight is 264 g/mol. The van der Waals surface area contributed by atoms with Crippen LogP contribution in [-0.2, 0) is 0 Å². The van der Waals surface area contributed by atoms with E-state index in [1.165, 1.54) is 0 Å². The van der Waals surface area contributed by atoms with Crippen LogP contribution in [0, 0.1) is 0 Å². The van der Waals surface area contributed by atoms with Crippen molar-refractivity contribution >= 4 is 21.7 Å². The van der Waals surface area contributed by atoms with Crippen LogP contribution in [0.25, 0.3) is 11.3 Å². The van der Waals surface area contributed by atoms with Crippen LogP contribution in [0.3, 0.4) is 0 Å². The normalized spacial score (nSPS) is 10.0. The third-order valence-electron chi connectivity index (χ3n) is 2.05. The molecule has 0 unspecified atom stereocenters. The molecule has 0 saturated carbocycles. The second kappa shape index (κ2) is 4.40. The van der Waals surface area contributed by atoms with Gasteiger partial charge in [0, 0.05) is 29.5 Å². The summed E-state index contributed by atoms with van der Waals surface area (Å²) in [6.45, 7) is 0. The Morgan fingerprint density at radius 1 is 1.07 bits per heavy atom. The number of rotatable bonds is 2. The molecule has 4 heteroatoms. The Bertz CT molecular complexity index is 454. The molecule has 0 fully saturated rings. The SMILES string of the molecule is CNc1nccnc1-c1ccc(Br)cc1. The topological polar surface area (TPSA) is 37.8 Å². The summed E-state index contributed by atoms with van der Waals surface area (Å²) in [5, 5.41) is 3.02. The van der Waals surface area contributed by atoms with Gasteiger partial charge >= 0.3 is 0 Å². The first-order valence-corrected chi connectivity index (χ1v) is 5.35. The van der Waals surface area contributed by atoms with Crippen molar-refractivity contribution in [2.75, 3.05) is 12.4 Å². The molecule has 0 spiro atoms. The molecule has 15 heavy (non-hydrogen) atoms. The molecule has 1 aromatic carbocycles. The average Bonchev–Trinajstić information content (AvgIpc) is 2.30. The van der Waals surface area contributed by atoms with Crippen LogP contribution in [0.4, 0.5) is 5.82 Å². The van der Waals surface area contributed by atoms with E-state index < -0.39 is 0 Å². The van der Waals surface area contributed by atoms with Crippen LogP contribution in [0.1, 0.15) is 0 Å². The molecule has 1 N–H and O–H groups in total. The maximum Gasteiger partial charge on any atom is 0.152 e.